The Kier molecular flexibility index (Phi) is 4.65. The van der Waals surface area contributed by atoms with Gasteiger partial charge >= 0.3 is 0 Å². The second-order valence-electron chi connectivity index (χ2n) is 5.39. The minimum absolute atomic E-state index is 0.207. The van der Waals surface area contributed by atoms with Crippen LogP contribution in [0.25, 0.3) is 5.69 Å². The van der Waals surface area contributed by atoms with Gasteiger partial charge in [-0.05, 0) is 30.3 Å². The molecule has 3 rings (SSSR count). The maximum absolute atomic E-state index is 13.8. The van der Waals surface area contributed by atoms with E-state index in [1.54, 1.807) is 48.6 Å². The van der Waals surface area contributed by atoms with Crippen LogP contribution in [0.2, 0.25) is 0 Å². The number of benzene rings is 1. The Bertz CT molecular complexity index is 832. The van der Waals surface area contributed by atoms with Gasteiger partial charge in [0, 0.05) is 38.1 Å². The number of hydrogen-bond acceptors (Lipinski definition) is 3. The van der Waals surface area contributed by atoms with E-state index in [9.17, 15) is 9.18 Å². The van der Waals surface area contributed by atoms with Crippen molar-refractivity contribution < 1.29 is 9.18 Å². The van der Waals surface area contributed by atoms with Crippen molar-refractivity contribution in [2.75, 3.05) is 13.6 Å². The second kappa shape index (κ2) is 7.04. The van der Waals surface area contributed by atoms with Crippen LogP contribution in [0.4, 0.5) is 4.39 Å². The van der Waals surface area contributed by atoms with E-state index in [4.69, 9.17) is 0 Å². The van der Waals surface area contributed by atoms with E-state index in [1.165, 1.54) is 10.7 Å². The number of para-hydroxylation sites is 1. The summed E-state index contributed by atoms with van der Waals surface area (Å²) in [6, 6.07) is 13.6. The highest BCUT2D eigenvalue weighted by atomic mass is 19.1. The quantitative estimate of drug-likeness (QED) is 0.725. The average Bonchev–Trinajstić information content (AvgIpc) is 3.10. The van der Waals surface area contributed by atoms with Crippen molar-refractivity contribution in [3.8, 4) is 5.69 Å². The van der Waals surface area contributed by atoms with Crippen LogP contribution < -0.4 is 0 Å². The minimum atomic E-state index is -0.386. The summed E-state index contributed by atoms with van der Waals surface area (Å²) >= 11 is 0. The summed E-state index contributed by atoms with van der Waals surface area (Å²) in [5.74, 6) is -0.593. The number of halogens is 1. The van der Waals surface area contributed by atoms with E-state index in [2.05, 4.69) is 10.1 Å². The number of rotatable bonds is 5. The molecule has 1 aromatic carbocycles. The molecule has 6 heteroatoms. The highest BCUT2D eigenvalue weighted by molar-refractivity contribution is 5.92. The topological polar surface area (TPSA) is 51.0 Å². The van der Waals surface area contributed by atoms with Gasteiger partial charge in [-0.3, -0.25) is 9.78 Å². The van der Waals surface area contributed by atoms with Crippen LogP contribution in [0.15, 0.2) is 60.9 Å². The molecule has 1 amide bonds. The van der Waals surface area contributed by atoms with E-state index < -0.39 is 0 Å². The fraction of sp³-hybridized carbons (Fsp3) is 0.167. The maximum atomic E-state index is 13.8. The van der Waals surface area contributed by atoms with Crippen LogP contribution in [0.5, 0.6) is 0 Å². The van der Waals surface area contributed by atoms with Gasteiger partial charge in [-0.2, -0.15) is 5.10 Å². The Balaban J connectivity index is 1.68. The average molecular weight is 324 g/mol. The Hall–Kier alpha value is -3.02. The van der Waals surface area contributed by atoms with Crippen LogP contribution in [0, 0.1) is 5.82 Å². The number of nitrogens with zero attached hydrogens (tertiary/aromatic N) is 4. The largest absolute Gasteiger partial charge is 0.340 e. The monoisotopic (exact) mass is 324 g/mol. The summed E-state index contributed by atoms with van der Waals surface area (Å²) in [5, 5.41) is 4.19. The lowest BCUT2D eigenvalue weighted by Crippen LogP contribution is -2.29. The number of likely N-dealkylation sites (N-methyl/N-ethyl adjacent to an activating group) is 1. The highest BCUT2D eigenvalue weighted by Crippen LogP contribution is 2.13. The highest BCUT2D eigenvalue weighted by Gasteiger charge is 2.16. The summed E-state index contributed by atoms with van der Waals surface area (Å²) in [6.07, 6.45) is 3.97. The molecule has 0 unspecified atom stereocenters. The predicted octanol–water partition coefficient (Wildman–Crippen LogP) is 2.72. The zero-order chi connectivity index (χ0) is 16.9. The summed E-state index contributed by atoms with van der Waals surface area (Å²) in [6.45, 7) is 0.530. The van der Waals surface area contributed by atoms with Crippen LogP contribution in [-0.2, 0) is 6.42 Å². The summed E-state index contributed by atoms with van der Waals surface area (Å²) in [7, 11) is 1.72. The molecule has 0 bridgehead atoms. The Morgan fingerprint density at radius 3 is 2.71 bits per heavy atom. The molecular weight excluding hydrogens is 307 g/mol. The van der Waals surface area contributed by atoms with Crippen molar-refractivity contribution in [1.29, 1.82) is 0 Å². The Morgan fingerprint density at radius 1 is 1.17 bits per heavy atom. The van der Waals surface area contributed by atoms with Gasteiger partial charge in [0.05, 0.1) is 0 Å². The van der Waals surface area contributed by atoms with Crippen LogP contribution in [0.1, 0.15) is 16.2 Å². The third kappa shape index (κ3) is 3.48. The third-order valence-electron chi connectivity index (χ3n) is 3.68. The lowest BCUT2D eigenvalue weighted by atomic mass is 10.2. The first-order valence-electron chi connectivity index (χ1n) is 7.61. The molecule has 0 aliphatic carbocycles. The van der Waals surface area contributed by atoms with Gasteiger partial charge in [0.25, 0.3) is 5.91 Å². The van der Waals surface area contributed by atoms with Gasteiger partial charge in [0.15, 0.2) is 5.69 Å². The van der Waals surface area contributed by atoms with E-state index in [0.29, 0.717) is 18.7 Å². The molecule has 5 nitrogen and oxygen atoms in total. The van der Waals surface area contributed by atoms with Crippen molar-refractivity contribution in [1.82, 2.24) is 19.7 Å². The van der Waals surface area contributed by atoms with Gasteiger partial charge in [0.1, 0.15) is 11.5 Å². The number of pyridine rings is 1. The van der Waals surface area contributed by atoms with E-state index in [-0.39, 0.29) is 17.4 Å². The maximum Gasteiger partial charge on any atom is 0.274 e. The SMILES string of the molecule is CN(CCc1ccccn1)C(=O)c1ccn(-c2ccccc2F)n1. The number of carbonyl (C=O) groups is 1. The molecule has 0 atom stereocenters. The number of carbonyl (C=O) groups excluding carboxylic acids is 1. The van der Waals surface area contributed by atoms with Crippen LogP contribution >= 0.6 is 0 Å². The Morgan fingerprint density at radius 2 is 1.96 bits per heavy atom. The first kappa shape index (κ1) is 15.9. The Labute approximate surface area is 139 Å². The summed E-state index contributed by atoms with van der Waals surface area (Å²) in [5.41, 5.74) is 1.52. The second-order valence-corrected chi connectivity index (χ2v) is 5.39. The molecule has 0 spiro atoms. The van der Waals surface area contributed by atoms with Gasteiger partial charge in [-0.1, -0.05) is 18.2 Å². The molecule has 3 aromatic rings. The van der Waals surface area contributed by atoms with Crippen molar-refractivity contribution in [3.05, 3.63) is 78.1 Å². The lowest BCUT2D eigenvalue weighted by molar-refractivity contribution is 0.0790. The first-order chi connectivity index (χ1) is 11.6. The van der Waals surface area contributed by atoms with E-state index >= 15 is 0 Å². The van der Waals surface area contributed by atoms with Crippen molar-refractivity contribution in [2.24, 2.45) is 0 Å². The lowest BCUT2D eigenvalue weighted by Gasteiger charge is -2.15. The van der Waals surface area contributed by atoms with Gasteiger partial charge in [0.2, 0.25) is 0 Å². The molecule has 0 fully saturated rings. The van der Waals surface area contributed by atoms with Gasteiger partial charge < -0.3 is 4.90 Å². The smallest absolute Gasteiger partial charge is 0.274 e. The summed E-state index contributed by atoms with van der Waals surface area (Å²) < 4.78 is 15.2. The summed E-state index contributed by atoms with van der Waals surface area (Å²) in [4.78, 5) is 18.3. The number of amides is 1. The fourth-order valence-corrected chi connectivity index (χ4v) is 2.34. The zero-order valence-electron chi connectivity index (χ0n) is 13.3. The molecule has 122 valence electrons. The molecule has 24 heavy (non-hydrogen) atoms. The molecule has 0 aliphatic rings. The minimum Gasteiger partial charge on any atom is -0.340 e. The standard InChI is InChI=1S/C18H17FN4O/c1-22(12-9-14-6-4-5-11-20-14)18(24)16-10-13-23(21-16)17-8-3-2-7-15(17)19/h2-8,10-11,13H,9,12H2,1H3. The molecular formula is C18H17FN4O. The fourth-order valence-electron chi connectivity index (χ4n) is 2.34. The van der Waals surface area contributed by atoms with E-state index in [1.807, 2.05) is 18.2 Å². The molecule has 0 saturated carbocycles. The predicted molar refractivity (Wildman–Crippen MR) is 88.4 cm³/mol. The number of hydrogen-bond donors (Lipinski definition) is 0. The third-order valence-corrected chi connectivity index (χ3v) is 3.68. The molecule has 0 radical (unpaired) electrons. The molecule has 0 aliphatic heterocycles. The van der Waals surface area contributed by atoms with Gasteiger partial charge in [-0.15, -0.1) is 0 Å². The zero-order valence-corrected chi connectivity index (χ0v) is 13.3. The normalized spacial score (nSPS) is 10.6. The van der Waals surface area contributed by atoms with Crippen molar-refractivity contribution in [3.63, 3.8) is 0 Å². The van der Waals surface area contributed by atoms with Crippen LogP contribution in [0.3, 0.4) is 0 Å². The molecule has 0 saturated heterocycles. The van der Waals surface area contributed by atoms with Gasteiger partial charge in [-0.25, -0.2) is 9.07 Å². The van der Waals surface area contributed by atoms with Crippen LogP contribution in [-0.4, -0.2) is 39.2 Å². The first-order valence-corrected chi connectivity index (χ1v) is 7.61. The molecule has 2 heterocycles. The molecule has 0 N–H and O–H groups in total. The van der Waals surface area contributed by atoms with E-state index in [0.717, 1.165) is 5.69 Å². The van der Waals surface area contributed by atoms with Crippen molar-refractivity contribution in [2.45, 2.75) is 6.42 Å². The molecule has 2 aromatic heterocycles. The van der Waals surface area contributed by atoms with Crippen molar-refractivity contribution >= 4 is 5.91 Å². The number of aromatic nitrogens is 3.